The van der Waals surface area contributed by atoms with Gasteiger partial charge in [-0.05, 0) is 24.3 Å². The molecule has 24 heavy (non-hydrogen) atoms. The predicted octanol–water partition coefficient (Wildman–Crippen LogP) is 3.59. The highest BCUT2D eigenvalue weighted by Gasteiger charge is 2.11. The Morgan fingerprint density at radius 3 is 2.42 bits per heavy atom. The molecule has 0 saturated heterocycles. The van der Waals surface area contributed by atoms with E-state index in [9.17, 15) is 9.59 Å². The van der Waals surface area contributed by atoms with E-state index in [4.69, 9.17) is 33.7 Å². The van der Waals surface area contributed by atoms with Crippen LogP contribution in [0.25, 0.3) is 0 Å². The van der Waals surface area contributed by atoms with Crippen LogP contribution in [0.2, 0.25) is 10.0 Å². The molecule has 2 rings (SSSR count). The van der Waals surface area contributed by atoms with Crippen LogP contribution < -0.4 is 15.8 Å². The van der Waals surface area contributed by atoms with Crippen LogP contribution in [-0.4, -0.2) is 24.2 Å². The highest BCUT2D eigenvalue weighted by molar-refractivity contribution is 8.00. The van der Waals surface area contributed by atoms with Gasteiger partial charge in [0.05, 0.1) is 21.5 Å². The van der Waals surface area contributed by atoms with Gasteiger partial charge < -0.3 is 15.8 Å². The normalized spacial score (nSPS) is 10.2. The lowest BCUT2D eigenvalue weighted by Crippen LogP contribution is -2.21. The highest BCUT2D eigenvalue weighted by atomic mass is 35.5. The molecule has 0 bridgehead atoms. The third-order valence-electron chi connectivity index (χ3n) is 2.80. The topological polar surface area (TPSA) is 81.4 Å². The van der Waals surface area contributed by atoms with Crippen LogP contribution in [0.4, 0.5) is 5.69 Å². The van der Waals surface area contributed by atoms with E-state index in [2.05, 4.69) is 5.32 Å². The van der Waals surface area contributed by atoms with Gasteiger partial charge in [-0.15, -0.1) is 11.8 Å². The van der Waals surface area contributed by atoms with Crippen molar-refractivity contribution in [3.63, 3.8) is 0 Å². The first-order chi connectivity index (χ1) is 11.5. The SMILES string of the molecule is NC(=O)CSc1ccccc1NC(=O)COc1c(Cl)cccc1Cl. The molecule has 0 fully saturated rings. The number of halogens is 2. The van der Waals surface area contributed by atoms with E-state index in [1.54, 1.807) is 42.5 Å². The van der Waals surface area contributed by atoms with Crippen LogP contribution in [0.1, 0.15) is 0 Å². The van der Waals surface area contributed by atoms with E-state index in [1.165, 1.54) is 11.8 Å². The lowest BCUT2D eigenvalue weighted by molar-refractivity contribution is -0.118. The van der Waals surface area contributed by atoms with Crippen LogP contribution >= 0.6 is 35.0 Å². The fourth-order valence-corrected chi connectivity index (χ4v) is 3.04. The predicted molar refractivity (Wildman–Crippen MR) is 96.9 cm³/mol. The summed E-state index contributed by atoms with van der Waals surface area (Å²) in [5, 5.41) is 3.37. The average Bonchev–Trinajstić information content (AvgIpc) is 2.53. The Kier molecular flexibility index (Phi) is 6.78. The second-order valence-electron chi connectivity index (χ2n) is 4.64. The number of carbonyl (C=O) groups is 2. The smallest absolute Gasteiger partial charge is 0.262 e. The number of primary amides is 1. The number of hydrogen-bond acceptors (Lipinski definition) is 4. The van der Waals surface area contributed by atoms with Gasteiger partial charge in [0.15, 0.2) is 12.4 Å². The maximum Gasteiger partial charge on any atom is 0.262 e. The van der Waals surface area contributed by atoms with E-state index < -0.39 is 5.91 Å². The minimum absolute atomic E-state index is 0.124. The molecule has 5 nitrogen and oxygen atoms in total. The summed E-state index contributed by atoms with van der Waals surface area (Å²) in [6.45, 7) is -0.252. The van der Waals surface area contributed by atoms with Crippen molar-refractivity contribution in [2.45, 2.75) is 4.90 Å². The minimum Gasteiger partial charge on any atom is -0.481 e. The zero-order chi connectivity index (χ0) is 17.5. The van der Waals surface area contributed by atoms with E-state index in [-0.39, 0.29) is 24.0 Å². The fourth-order valence-electron chi connectivity index (χ4n) is 1.79. The van der Waals surface area contributed by atoms with E-state index in [0.717, 1.165) is 4.90 Å². The molecule has 3 N–H and O–H groups in total. The van der Waals surface area contributed by atoms with Crippen molar-refractivity contribution in [1.29, 1.82) is 0 Å². The first-order valence-corrected chi connectivity index (χ1v) is 8.58. The number of anilines is 1. The maximum absolute atomic E-state index is 12.1. The Morgan fingerprint density at radius 1 is 1.08 bits per heavy atom. The number of hydrogen-bond donors (Lipinski definition) is 2. The molecule has 2 aromatic rings. The summed E-state index contributed by atoms with van der Waals surface area (Å²) in [7, 11) is 0. The Bertz CT molecular complexity index is 736. The summed E-state index contributed by atoms with van der Waals surface area (Å²) in [6.07, 6.45) is 0. The van der Waals surface area contributed by atoms with Gasteiger partial charge in [-0.3, -0.25) is 9.59 Å². The molecule has 0 atom stereocenters. The van der Waals surface area contributed by atoms with Crippen LogP contribution in [0.3, 0.4) is 0 Å². The first kappa shape index (κ1) is 18.4. The maximum atomic E-state index is 12.1. The molecule has 0 aliphatic carbocycles. The van der Waals surface area contributed by atoms with Crippen molar-refractivity contribution in [2.24, 2.45) is 5.73 Å². The monoisotopic (exact) mass is 384 g/mol. The second kappa shape index (κ2) is 8.82. The van der Waals surface area contributed by atoms with Crippen LogP contribution in [-0.2, 0) is 9.59 Å². The molecule has 0 unspecified atom stereocenters. The molecular weight excluding hydrogens is 371 g/mol. The summed E-state index contributed by atoms with van der Waals surface area (Å²) in [6, 6.07) is 12.0. The van der Waals surface area contributed by atoms with Gasteiger partial charge in [0.1, 0.15) is 0 Å². The van der Waals surface area contributed by atoms with E-state index >= 15 is 0 Å². The van der Waals surface area contributed by atoms with Crippen LogP contribution in [0, 0.1) is 0 Å². The first-order valence-electron chi connectivity index (χ1n) is 6.84. The largest absolute Gasteiger partial charge is 0.481 e. The van der Waals surface area contributed by atoms with Crippen molar-refractivity contribution in [2.75, 3.05) is 17.7 Å². The van der Waals surface area contributed by atoms with Crippen molar-refractivity contribution >= 4 is 52.5 Å². The molecule has 8 heteroatoms. The van der Waals surface area contributed by atoms with Crippen molar-refractivity contribution in [3.8, 4) is 5.75 Å². The molecule has 0 radical (unpaired) electrons. The Labute approximate surface area is 153 Å². The summed E-state index contributed by atoms with van der Waals surface area (Å²) in [4.78, 5) is 23.7. The number of nitrogens with two attached hydrogens (primary N) is 1. The number of ether oxygens (including phenoxy) is 1. The van der Waals surface area contributed by atoms with Gasteiger partial charge in [0.25, 0.3) is 5.91 Å². The molecule has 126 valence electrons. The van der Waals surface area contributed by atoms with Gasteiger partial charge >= 0.3 is 0 Å². The number of nitrogens with one attached hydrogen (secondary N) is 1. The standard InChI is InChI=1S/C16H14Cl2N2O3S/c17-10-4-3-5-11(18)16(10)23-8-15(22)20-12-6-1-2-7-13(12)24-9-14(19)21/h1-7H,8-9H2,(H2,19,21)(H,20,22). The van der Waals surface area contributed by atoms with Gasteiger partial charge in [0.2, 0.25) is 5.91 Å². The summed E-state index contributed by atoms with van der Waals surface area (Å²) in [5.41, 5.74) is 5.71. The summed E-state index contributed by atoms with van der Waals surface area (Å²) >= 11 is 13.2. The molecular formula is C16H14Cl2N2O3S. The second-order valence-corrected chi connectivity index (χ2v) is 6.47. The summed E-state index contributed by atoms with van der Waals surface area (Å²) < 4.78 is 5.38. The van der Waals surface area contributed by atoms with Gasteiger partial charge in [-0.25, -0.2) is 0 Å². The zero-order valence-electron chi connectivity index (χ0n) is 12.4. The van der Waals surface area contributed by atoms with E-state index in [1.807, 2.05) is 0 Å². The lowest BCUT2D eigenvalue weighted by Gasteiger charge is -2.12. The number of amides is 2. The number of carbonyl (C=O) groups excluding carboxylic acids is 2. The number of para-hydroxylation sites is 2. The zero-order valence-corrected chi connectivity index (χ0v) is 14.8. The Hall–Kier alpha value is -1.89. The molecule has 0 heterocycles. The third-order valence-corrected chi connectivity index (χ3v) is 4.49. The molecule has 2 aromatic carbocycles. The number of thioether (sulfide) groups is 1. The molecule has 0 aromatic heterocycles. The van der Waals surface area contributed by atoms with Crippen molar-refractivity contribution < 1.29 is 14.3 Å². The molecule has 0 saturated carbocycles. The molecule has 2 amide bonds. The van der Waals surface area contributed by atoms with Gasteiger partial charge in [-0.1, -0.05) is 41.4 Å². The summed E-state index contributed by atoms with van der Waals surface area (Å²) in [5.74, 6) is -0.429. The Morgan fingerprint density at radius 2 is 1.75 bits per heavy atom. The molecule has 0 spiro atoms. The van der Waals surface area contributed by atoms with Crippen molar-refractivity contribution in [3.05, 3.63) is 52.5 Å². The third kappa shape index (κ3) is 5.33. The fraction of sp³-hybridized carbons (Fsp3) is 0.125. The van der Waals surface area contributed by atoms with Gasteiger partial charge in [-0.2, -0.15) is 0 Å². The highest BCUT2D eigenvalue weighted by Crippen LogP contribution is 2.32. The van der Waals surface area contributed by atoms with E-state index in [0.29, 0.717) is 15.7 Å². The van der Waals surface area contributed by atoms with Crippen LogP contribution in [0.5, 0.6) is 5.75 Å². The number of rotatable bonds is 7. The molecule has 0 aliphatic rings. The minimum atomic E-state index is -0.433. The van der Waals surface area contributed by atoms with Crippen molar-refractivity contribution in [1.82, 2.24) is 0 Å². The number of benzene rings is 2. The Balaban J connectivity index is 1.99. The quantitative estimate of drug-likeness (QED) is 0.714. The van der Waals surface area contributed by atoms with Gasteiger partial charge in [0, 0.05) is 4.90 Å². The lowest BCUT2D eigenvalue weighted by atomic mass is 10.3. The molecule has 0 aliphatic heterocycles. The average molecular weight is 385 g/mol. The van der Waals surface area contributed by atoms with Crippen LogP contribution in [0.15, 0.2) is 47.4 Å².